The normalized spacial score (nSPS) is 29.3. The Morgan fingerprint density at radius 2 is 1.41 bits per heavy atom. The van der Waals surface area contributed by atoms with Crippen molar-refractivity contribution in [3.8, 4) is 0 Å². The molecule has 56 heavy (non-hydrogen) atoms. The number of likely N-dealkylation sites (N-methyl/N-ethyl adjacent to an activating group) is 1. The summed E-state index contributed by atoms with van der Waals surface area (Å²) in [5.41, 5.74) is 11.6. The molecule has 322 valence electrons. The lowest BCUT2D eigenvalue weighted by atomic mass is 9.82. The SMILES string of the molecule is CCC[C@H]1C(=O)N[C@@H](C2CCCCCC2)C(=O)N[C@@H](CN)C(=O)N[C@@H](COCCCNCCCN)C(=O)N[C@H](C)CO[C@H](CC2CCCCC2)[C@@H](C)C(=O)N1C. The quantitative estimate of drug-likeness (QED) is 0.0943. The van der Waals surface area contributed by atoms with E-state index in [-0.39, 0.29) is 31.6 Å². The molecule has 0 unspecified atom stereocenters. The summed E-state index contributed by atoms with van der Waals surface area (Å²) in [7, 11) is 1.66. The molecule has 7 atom stereocenters. The number of carbonyl (C=O) groups excluding carboxylic acids is 5. The van der Waals surface area contributed by atoms with Crippen molar-refractivity contribution >= 4 is 29.5 Å². The minimum atomic E-state index is -1.17. The van der Waals surface area contributed by atoms with Crippen LogP contribution in [0.4, 0.5) is 0 Å². The van der Waals surface area contributed by atoms with Gasteiger partial charge in [0.05, 0.1) is 25.2 Å². The van der Waals surface area contributed by atoms with Crippen molar-refractivity contribution in [1.82, 2.24) is 31.5 Å². The molecule has 3 fully saturated rings. The van der Waals surface area contributed by atoms with Crippen molar-refractivity contribution in [3.05, 3.63) is 0 Å². The van der Waals surface area contributed by atoms with Gasteiger partial charge in [-0.15, -0.1) is 0 Å². The minimum Gasteiger partial charge on any atom is -0.379 e. The first kappa shape index (κ1) is 47.5. The molecule has 1 saturated heterocycles. The second-order valence-electron chi connectivity index (χ2n) is 16.5. The van der Waals surface area contributed by atoms with Gasteiger partial charge in [0, 0.05) is 26.2 Å². The van der Waals surface area contributed by atoms with Gasteiger partial charge in [0.25, 0.3) is 0 Å². The number of hydrogen-bond donors (Lipinski definition) is 7. The van der Waals surface area contributed by atoms with Gasteiger partial charge in [-0.05, 0) is 76.9 Å². The summed E-state index contributed by atoms with van der Waals surface area (Å²) in [6.07, 6.45) is 13.9. The Bertz CT molecular complexity index is 1200. The molecule has 3 aliphatic rings. The molecule has 0 bridgehead atoms. The number of carbonyl (C=O) groups is 5. The Hall–Kier alpha value is -2.85. The fourth-order valence-corrected chi connectivity index (χ4v) is 8.32. The molecular weight excluding hydrogens is 716 g/mol. The van der Waals surface area contributed by atoms with Gasteiger partial charge in [0.2, 0.25) is 29.5 Å². The predicted molar refractivity (Wildman–Crippen MR) is 217 cm³/mol. The highest BCUT2D eigenvalue weighted by atomic mass is 16.5. The maximum atomic E-state index is 14.3. The summed E-state index contributed by atoms with van der Waals surface area (Å²) in [5.74, 6) is -2.51. The molecule has 2 saturated carbocycles. The summed E-state index contributed by atoms with van der Waals surface area (Å²) >= 11 is 0. The highest BCUT2D eigenvalue weighted by Crippen LogP contribution is 2.31. The number of nitrogens with two attached hydrogens (primary N) is 2. The van der Waals surface area contributed by atoms with Crippen LogP contribution in [-0.2, 0) is 33.4 Å². The molecule has 5 amide bonds. The van der Waals surface area contributed by atoms with Crippen LogP contribution < -0.4 is 38.1 Å². The molecule has 9 N–H and O–H groups in total. The Balaban J connectivity index is 1.94. The Labute approximate surface area is 336 Å². The molecule has 0 aromatic rings. The van der Waals surface area contributed by atoms with E-state index >= 15 is 0 Å². The van der Waals surface area contributed by atoms with E-state index in [1.807, 2.05) is 20.8 Å². The van der Waals surface area contributed by atoms with Crippen LogP contribution in [0.3, 0.4) is 0 Å². The smallest absolute Gasteiger partial charge is 0.245 e. The number of amides is 5. The number of nitrogens with one attached hydrogen (secondary N) is 5. The maximum absolute atomic E-state index is 14.3. The number of rotatable bonds is 15. The van der Waals surface area contributed by atoms with E-state index in [2.05, 4.69) is 26.6 Å². The van der Waals surface area contributed by atoms with Gasteiger partial charge in [0.15, 0.2) is 0 Å². The standard InChI is InChI=1S/C41H76N8O7/c1-5-15-34-39(52)48-36(31-18-11-6-7-12-19-31)40(53)46-32(25-43)37(50)47-33(27-55-23-14-22-44-21-13-20-42)38(51)45-28(2)26-56-35(29(3)41(54)49(34)4)24-30-16-9-8-10-17-30/h28-36,44H,5-27,42-43H2,1-4H3,(H,45,51)(H,46,53)(H,47,50)(H,48,52)/t28-,29-,32+,33+,34+,35-,36+/m1/s1. The first-order chi connectivity index (χ1) is 27.0. The lowest BCUT2D eigenvalue weighted by Crippen LogP contribution is -2.62. The molecular formula is C41H76N8O7. The fourth-order valence-electron chi connectivity index (χ4n) is 8.32. The molecule has 15 nitrogen and oxygen atoms in total. The zero-order chi connectivity index (χ0) is 40.9. The highest BCUT2D eigenvalue weighted by Gasteiger charge is 2.39. The first-order valence-corrected chi connectivity index (χ1v) is 21.8. The molecule has 0 radical (unpaired) electrons. The molecule has 0 spiro atoms. The molecule has 1 aliphatic heterocycles. The van der Waals surface area contributed by atoms with Gasteiger partial charge in [-0.3, -0.25) is 24.0 Å². The van der Waals surface area contributed by atoms with Crippen molar-refractivity contribution in [2.75, 3.05) is 53.0 Å². The third-order valence-corrected chi connectivity index (χ3v) is 11.8. The zero-order valence-electron chi connectivity index (χ0n) is 34.9. The van der Waals surface area contributed by atoms with Gasteiger partial charge >= 0.3 is 0 Å². The van der Waals surface area contributed by atoms with Gasteiger partial charge in [-0.25, -0.2) is 0 Å². The van der Waals surface area contributed by atoms with Crippen LogP contribution in [0, 0.1) is 17.8 Å². The van der Waals surface area contributed by atoms with Crippen LogP contribution in [0.15, 0.2) is 0 Å². The minimum absolute atomic E-state index is 0.0963. The highest BCUT2D eigenvalue weighted by molar-refractivity contribution is 5.96. The van der Waals surface area contributed by atoms with Gasteiger partial charge in [-0.2, -0.15) is 0 Å². The predicted octanol–water partition coefficient (Wildman–Crippen LogP) is 1.85. The van der Waals surface area contributed by atoms with Crippen LogP contribution in [0.25, 0.3) is 0 Å². The van der Waals surface area contributed by atoms with E-state index < -0.39 is 65.9 Å². The average Bonchev–Trinajstić information content (AvgIpc) is 3.48. The van der Waals surface area contributed by atoms with Crippen LogP contribution in [0.1, 0.15) is 124 Å². The van der Waals surface area contributed by atoms with E-state index in [1.165, 1.54) is 11.3 Å². The third kappa shape index (κ3) is 15.8. The monoisotopic (exact) mass is 793 g/mol. The van der Waals surface area contributed by atoms with Crippen molar-refractivity contribution in [1.29, 1.82) is 0 Å². The van der Waals surface area contributed by atoms with Crippen LogP contribution >= 0.6 is 0 Å². The molecule has 0 aromatic carbocycles. The van der Waals surface area contributed by atoms with E-state index in [0.29, 0.717) is 44.8 Å². The second kappa shape index (κ2) is 26.2. The lowest BCUT2D eigenvalue weighted by molar-refractivity contribution is -0.147. The van der Waals surface area contributed by atoms with Crippen LogP contribution in [-0.4, -0.2) is 124 Å². The van der Waals surface area contributed by atoms with Gasteiger partial charge in [-0.1, -0.05) is 78.1 Å². The average molecular weight is 793 g/mol. The second-order valence-corrected chi connectivity index (χ2v) is 16.5. The van der Waals surface area contributed by atoms with E-state index in [1.54, 1.807) is 7.05 Å². The molecule has 0 aromatic heterocycles. The molecule has 1 heterocycles. The van der Waals surface area contributed by atoms with Crippen LogP contribution in [0.2, 0.25) is 0 Å². The van der Waals surface area contributed by atoms with Crippen molar-refractivity contribution in [2.45, 2.75) is 160 Å². The summed E-state index contributed by atoms with van der Waals surface area (Å²) in [4.78, 5) is 71.8. The molecule has 3 rings (SSSR count). The number of ether oxygens (including phenoxy) is 2. The Morgan fingerprint density at radius 3 is 2.07 bits per heavy atom. The lowest BCUT2D eigenvalue weighted by Gasteiger charge is -2.35. The Morgan fingerprint density at radius 1 is 0.786 bits per heavy atom. The summed E-state index contributed by atoms with van der Waals surface area (Å²) < 4.78 is 12.4. The van der Waals surface area contributed by atoms with Gasteiger partial charge in [0.1, 0.15) is 24.2 Å². The topological polar surface area (TPSA) is 219 Å². The molecule has 15 heteroatoms. The van der Waals surface area contributed by atoms with E-state index in [9.17, 15) is 24.0 Å². The van der Waals surface area contributed by atoms with Gasteiger partial charge < -0.3 is 52.4 Å². The summed E-state index contributed by atoms with van der Waals surface area (Å²) in [6, 6.07) is -4.46. The number of hydrogen-bond acceptors (Lipinski definition) is 10. The zero-order valence-corrected chi connectivity index (χ0v) is 34.9. The third-order valence-electron chi connectivity index (χ3n) is 11.8. The Kier molecular flexibility index (Phi) is 22.2. The summed E-state index contributed by atoms with van der Waals surface area (Å²) in [5, 5.41) is 14.9. The van der Waals surface area contributed by atoms with E-state index in [4.69, 9.17) is 20.9 Å². The first-order valence-electron chi connectivity index (χ1n) is 21.8. The largest absolute Gasteiger partial charge is 0.379 e. The van der Waals surface area contributed by atoms with E-state index in [0.717, 1.165) is 83.7 Å². The molecule has 2 aliphatic carbocycles. The van der Waals surface area contributed by atoms with Crippen molar-refractivity contribution in [2.24, 2.45) is 29.2 Å². The van der Waals surface area contributed by atoms with Crippen molar-refractivity contribution in [3.63, 3.8) is 0 Å². The van der Waals surface area contributed by atoms with Crippen LogP contribution in [0.5, 0.6) is 0 Å². The van der Waals surface area contributed by atoms with Crippen molar-refractivity contribution < 1.29 is 33.4 Å². The summed E-state index contributed by atoms with van der Waals surface area (Å²) in [6.45, 7) is 7.96. The fraction of sp³-hybridized carbons (Fsp3) is 0.878. The maximum Gasteiger partial charge on any atom is 0.245 e. The number of nitrogens with zero attached hydrogens (tertiary/aromatic N) is 1.